The van der Waals surface area contributed by atoms with Crippen LogP contribution in [0.2, 0.25) is 0 Å². The molecule has 0 bridgehead atoms. The van der Waals surface area contributed by atoms with E-state index in [1.807, 2.05) is 5.57 Å². The van der Waals surface area contributed by atoms with Gasteiger partial charge < -0.3 is 0 Å². The van der Waals surface area contributed by atoms with Gasteiger partial charge in [0.05, 0.1) is 0 Å². The van der Waals surface area contributed by atoms with Crippen LogP contribution in [-0.4, -0.2) is 0 Å². The Morgan fingerprint density at radius 2 is 1.32 bits per heavy atom. The highest BCUT2D eigenvalue weighted by Crippen LogP contribution is 2.39. The standard InChI is InChI=1S/C19H34/c1-2-3-4-11-16-19(17-12-7-5-8-13-17)18-14-9-6-10-15-18/h16-18H,2-15H2,1H3. The molecule has 0 saturated heterocycles. The average Bonchev–Trinajstić information content (AvgIpc) is 2.49. The molecule has 2 saturated carbocycles. The molecule has 2 rings (SSSR count). The van der Waals surface area contributed by atoms with Crippen molar-refractivity contribution in [1.82, 2.24) is 0 Å². The van der Waals surface area contributed by atoms with Gasteiger partial charge in [-0.15, -0.1) is 0 Å². The molecule has 0 heteroatoms. The van der Waals surface area contributed by atoms with Crippen molar-refractivity contribution in [2.75, 3.05) is 0 Å². The maximum absolute atomic E-state index is 2.70. The highest BCUT2D eigenvalue weighted by atomic mass is 14.3. The molecule has 2 aliphatic rings. The minimum absolute atomic E-state index is 0.971. The lowest BCUT2D eigenvalue weighted by molar-refractivity contribution is 0.325. The number of rotatable bonds is 6. The lowest BCUT2D eigenvalue weighted by atomic mass is 9.73. The van der Waals surface area contributed by atoms with E-state index in [9.17, 15) is 0 Å². The van der Waals surface area contributed by atoms with Gasteiger partial charge in [-0.1, -0.05) is 69.9 Å². The Morgan fingerprint density at radius 3 is 1.79 bits per heavy atom. The average molecular weight is 262 g/mol. The van der Waals surface area contributed by atoms with Gasteiger partial charge in [0.25, 0.3) is 0 Å². The zero-order valence-corrected chi connectivity index (χ0v) is 13.1. The van der Waals surface area contributed by atoms with E-state index in [4.69, 9.17) is 0 Å². The number of hydrogen-bond donors (Lipinski definition) is 0. The monoisotopic (exact) mass is 262 g/mol. The van der Waals surface area contributed by atoms with Gasteiger partial charge in [-0.25, -0.2) is 0 Å². The summed E-state index contributed by atoms with van der Waals surface area (Å²) in [6.07, 6.45) is 23.2. The van der Waals surface area contributed by atoms with Crippen molar-refractivity contribution in [2.24, 2.45) is 11.8 Å². The number of allylic oxidation sites excluding steroid dienone is 2. The maximum Gasteiger partial charge on any atom is -0.0200 e. The second-order valence-electron chi connectivity index (χ2n) is 6.87. The third-order valence-electron chi connectivity index (χ3n) is 5.34. The van der Waals surface area contributed by atoms with Gasteiger partial charge in [0.15, 0.2) is 0 Å². The molecule has 0 amide bonds. The Labute approximate surface area is 121 Å². The highest BCUT2D eigenvalue weighted by Gasteiger charge is 2.25. The first-order chi connectivity index (χ1) is 9.42. The van der Waals surface area contributed by atoms with Gasteiger partial charge in [0.1, 0.15) is 0 Å². The topological polar surface area (TPSA) is 0 Å². The summed E-state index contributed by atoms with van der Waals surface area (Å²) in [5.41, 5.74) is 1.91. The summed E-state index contributed by atoms with van der Waals surface area (Å²) in [5.74, 6) is 1.94. The molecule has 110 valence electrons. The summed E-state index contributed by atoms with van der Waals surface area (Å²) >= 11 is 0. The van der Waals surface area contributed by atoms with Gasteiger partial charge in [-0.2, -0.15) is 0 Å². The molecule has 0 unspecified atom stereocenters. The first-order valence-corrected chi connectivity index (χ1v) is 9.11. The lowest BCUT2D eigenvalue weighted by Crippen LogP contribution is -2.18. The molecule has 19 heavy (non-hydrogen) atoms. The van der Waals surface area contributed by atoms with Crippen molar-refractivity contribution in [2.45, 2.75) is 96.8 Å². The van der Waals surface area contributed by atoms with Crippen molar-refractivity contribution in [3.63, 3.8) is 0 Å². The third kappa shape index (κ3) is 4.97. The molecule has 0 radical (unpaired) electrons. The molecular formula is C19H34. The van der Waals surface area contributed by atoms with Gasteiger partial charge in [-0.05, 0) is 50.4 Å². The molecule has 0 spiro atoms. The Hall–Kier alpha value is -0.260. The van der Waals surface area contributed by atoms with E-state index in [2.05, 4.69) is 13.0 Å². The number of hydrogen-bond acceptors (Lipinski definition) is 0. The van der Waals surface area contributed by atoms with E-state index in [1.54, 1.807) is 0 Å². The highest BCUT2D eigenvalue weighted by molar-refractivity contribution is 5.12. The fraction of sp³-hybridized carbons (Fsp3) is 0.895. The van der Waals surface area contributed by atoms with Crippen LogP contribution in [0.3, 0.4) is 0 Å². The molecule has 0 atom stereocenters. The minimum Gasteiger partial charge on any atom is -0.0848 e. The zero-order valence-electron chi connectivity index (χ0n) is 13.1. The van der Waals surface area contributed by atoms with Crippen LogP contribution in [0.1, 0.15) is 96.8 Å². The molecule has 2 fully saturated rings. The van der Waals surface area contributed by atoms with E-state index in [0.717, 1.165) is 11.8 Å². The second kappa shape index (κ2) is 8.82. The summed E-state index contributed by atoms with van der Waals surface area (Å²) in [6.45, 7) is 2.31. The molecule has 2 aliphatic carbocycles. The Bertz CT molecular complexity index is 231. The molecular weight excluding hydrogens is 228 g/mol. The summed E-state index contributed by atoms with van der Waals surface area (Å²) < 4.78 is 0. The summed E-state index contributed by atoms with van der Waals surface area (Å²) in [4.78, 5) is 0. The van der Waals surface area contributed by atoms with Gasteiger partial charge >= 0.3 is 0 Å². The fourth-order valence-corrected chi connectivity index (χ4v) is 4.20. The van der Waals surface area contributed by atoms with E-state index in [0.29, 0.717) is 0 Å². The smallest absolute Gasteiger partial charge is 0.0200 e. The predicted molar refractivity (Wildman–Crippen MR) is 85.4 cm³/mol. The van der Waals surface area contributed by atoms with Crippen LogP contribution in [0.5, 0.6) is 0 Å². The normalized spacial score (nSPS) is 22.4. The van der Waals surface area contributed by atoms with E-state index < -0.39 is 0 Å². The van der Waals surface area contributed by atoms with Gasteiger partial charge in [0, 0.05) is 0 Å². The van der Waals surface area contributed by atoms with Gasteiger partial charge in [-0.3, -0.25) is 0 Å². The van der Waals surface area contributed by atoms with Crippen molar-refractivity contribution in [1.29, 1.82) is 0 Å². The number of unbranched alkanes of at least 4 members (excludes halogenated alkanes) is 3. The van der Waals surface area contributed by atoms with Crippen LogP contribution in [0.25, 0.3) is 0 Å². The van der Waals surface area contributed by atoms with Crippen LogP contribution in [-0.2, 0) is 0 Å². The molecule has 0 aliphatic heterocycles. The molecule has 0 aromatic carbocycles. The van der Waals surface area contributed by atoms with Crippen LogP contribution in [0.15, 0.2) is 11.6 Å². The SMILES string of the molecule is CCCCCC=C(C1CCCCC1)C1CCCCC1. The summed E-state index contributed by atoms with van der Waals surface area (Å²) in [5, 5.41) is 0. The van der Waals surface area contributed by atoms with Crippen LogP contribution < -0.4 is 0 Å². The largest absolute Gasteiger partial charge is 0.0848 e. The third-order valence-corrected chi connectivity index (χ3v) is 5.34. The lowest BCUT2D eigenvalue weighted by Gasteiger charge is -2.32. The summed E-state index contributed by atoms with van der Waals surface area (Å²) in [6, 6.07) is 0. The maximum atomic E-state index is 2.70. The van der Waals surface area contributed by atoms with E-state index >= 15 is 0 Å². The Morgan fingerprint density at radius 1 is 0.789 bits per heavy atom. The second-order valence-corrected chi connectivity index (χ2v) is 6.87. The first kappa shape index (κ1) is 15.1. The van der Waals surface area contributed by atoms with Crippen molar-refractivity contribution < 1.29 is 0 Å². The minimum atomic E-state index is 0.971. The Kier molecular flexibility index (Phi) is 7.03. The molecule has 0 aromatic rings. The van der Waals surface area contributed by atoms with Crippen molar-refractivity contribution >= 4 is 0 Å². The molecule has 0 N–H and O–H groups in total. The van der Waals surface area contributed by atoms with Gasteiger partial charge in [0.2, 0.25) is 0 Å². The van der Waals surface area contributed by atoms with Crippen molar-refractivity contribution in [3.8, 4) is 0 Å². The van der Waals surface area contributed by atoms with E-state index in [-0.39, 0.29) is 0 Å². The van der Waals surface area contributed by atoms with Crippen molar-refractivity contribution in [3.05, 3.63) is 11.6 Å². The molecule has 0 nitrogen and oxygen atoms in total. The van der Waals surface area contributed by atoms with Crippen LogP contribution >= 0.6 is 0 Å². The first-order valence-electron chi connectivity index (χ1n) is 9.11. The van der Waals surface area contributed by atoms with E-state index in [1.165, 1.54) is 89.9 Å². The van der Waals surface area contributed by atoms with Crippen LogP contribution in [0, 0.1) is 11.8 Å². The fourth-order valence-electron chi connectivity index (χ4n) is 4.20. The zero-order chi connectivity index (χ0) is 13.3. The molecule has 0 heterocycles. The molecule has 0 aromatic heterocycles. The quantitative estimate of drug-likeness (QED) is 0.371. The Balaban J connectivity index is 1.94. The van der Waals surface area contributed by atoms with Crippen LogP contribution in [0.4, 0.5) is 0 Å². The predicted octanol–water partition coefficient (Wildman–Crippen LogP) is 6.65. The summed E-state index contributed by atoms with van der Waals surface area (Å²) in [7, 11) is 0.